The zero-order chi connectivity index (χ0) is 25.2. The van der Waals surface area contributed by atoms with E-state index in [1.54, 1.807) is 55.5 Å². The Kier molecular flexibility index (Phi) is 6.74. The number of aromatic nitrogens is 4. The van der Waals surface area contributed by atoms with E-state index in [0.717, 1.165) is 4.80 Å². The predicted molar refractivity (Wildman–Crippen MR) is 129 cm³/mol. The predicted octanol–water partition coefficient (Wildman–Crippen LogP) is 4.18. The summed E-state index contributed by atoms with van der Waals surface area (Å²) in [5, 5.41) is 15.6. The lowest BCUT2D eigenvalue weighted by Crippen LogP contribution is -2.50. The third kappa shape index (κ3) is 5.78. The molecule has 2 amide bonds. The number of furan rings is 2. The highest BCUT2D eigenvalue weighted by Crippen LogP contribution is 2.30. The van der Waals surface area contributed by atoms with Crippen molar-refractivity contribution in [2.75, 3.05) is 4.90 Å². The molecule has 1 N–H and O–H groups in total. The summed E-state index contributed by atoms with van der Waals surface area (Å²) in [5.41, 5.74) is -0.0907. The molecule has 4 aromatic rings. The molecule has 0 saturated heterocycles. The van der Waals surface area contributed by atoms with Gasteiger partial charge in [-0.25, -0.2) is 0 Å². The van der Waals surface area contributed by atoms with Crippen LogP contribution in [0.15, 0.2) is 63.6 Å². The first kappa shape index (κ1) is 24.2. The van der Waals surface area contributed by atoms with Crippen LogP contribution in [-0.2, 0) is 16.1 Å². The first-order valence-electron chi connectivity index (χ1n) is 10.9. The van der Waals surface area contributed by atoms with Crippen LogP contribution in [0.5, 0.6) is 0 Å². The van der Waals surface area contributed by atoms with Gasteiger partial charge in [0.05, 0.1) is 6.26 Å². The van der Waals surface area contributed by atoms with Crippen LogP contribution in [0.4, 0.5) is 5.69 Å². The topological polar surface area (TPSA) is 119 Å². The Hall–Kier alpha value is -3.92. The van der Waals surface area contributed by atoms with Gasteiger partial charge in [-0.3, -0.25) is 14.5 Å². The van der Waals surface area contributed by atoms with Crippen molar-refractivity contribution >= 4 is 29.1 Å². The van der Waals surface area contributed by atoms with Gasteiger partial charge >= 0.3 is 0 Å². The molecule has 0 saturated carbocycles. The number of nitrogens with zero attached hydrogens (tertiary/aromatic N) is 5. The maximum atomic E-state index is 13.7. The number of tetrazole rings is 1. The number of benzene rings is 1. The van der Waals surface area contributed by atoms with Crippen LogP contribution < -0.4 is 10.2 Å². The number of nitrogens with one attached hydrogen (secondary N) is 1. The number of carbonyl (C=O) groups excluding carboxylic acids is 2. The van der Waals surface area contributed by atoms with Crippen LogP contribution >= 0.6 is 11.6 Å². The first-order chi connectivity index (χ1) is 16.6. The average molecular weight is 497 g/mol. The largest absolute Gasteiger partial charge is 0.467 e. The van der Waals surface area contributed by atoms with Crippen molar-refractivity contribution in [1.29, 1.82) is 0 Å². The number of hydrogen-bond acceptors (Lipinski definition) is 7. The zero-order valence-electron chi connectivity index (χ0n) is 19.7. The van der Waals surface area contributed by atoms with Crippen molar-refractivity contribution in [2.45, 2.75) is 45.8 Å². The fourth-order valence-electron chi connectivity index (χ4n) is 3.46. The quantitative estimate of drug-likeness (QED) is 0.407. The van der Waals surface area contributed by atoms with Gasteiger partial charge in [0, 0.05) is 16.2 Å². The lowest BCUT2D eigenvalue weighted by atomic mass is 10.1. The second-order valence-corrected chi connectivity index (χ2v) is 9.39. The van der Waals surface area contributed by atoms with E-state index in [0.29, 0.717) is 28.0 Å². The summed E-state index contributed by atoms with van der Waals surface area (Å²) in [6, 6.07) is 12.3. The van der Waals surface area contributed by atoms with Crippen LogP contribution in [-0.4, -0.2) is 37.6 Å². The molecule has 3 heterocycles. The third-order valence-corrected chi connectivity index (χ3v) is 5.13. The van der Waals surface area contributed by atoms with Gasteiger partial charge in [0.15, 0.2) is 11.8 Å². The van der Waals surface area contributed by atoms with E-state index in [2.05, 4.69) is 20.7 Å². The molecular weight excluding hydrogens is 472 g/mol. The SMILES string of the molecule is Cc1ccc(-c2nnn(CC(=O)N(c3ccc(Cl)cc3)[C@H](C(=O)NC(C)(C)C)c3ccco3)n2)o1. The summed E-state index contributed by atoms with van der Waals surface area (Å²) in [6.45, 7) is 7.09. The molecule has 10 nitrogen and oxygen atoms in total. The van der Waals surface area contributed by atoms with Crippen molar-refractivity contribution in [3.05, 3.63) is 71.3 Å². The lowest BCUT2D eigenvalue weighted by Gasteiger charge is -2.32. The Bertz CT molecular complexity index is 1300. The molecule has 11 heteroatoms. The van der Waals surface area contributed by atoms with E-state index in [4.69, 9.17) is 20.4 Å². The number of rotatable bonds is 7. The summed E-state index contributed by atoms with van der Waals surface area (Å²) in [5.74, 6) is 0.818. The summed E-state index contributed by atoms with van der Waals surface area (Å²) < 4.78 is 11.1. The van der Waals surface area contributed by atoms with Crippen LogP contribution in [0.3, 0.4) is 0 Å². The third-order valence-electron chi connectivity index (χ3n) is 4.88. The maximum absolute atomic E-state index is 13.7. The molecule has 0 spiro atoms. The molecule has 35 heavy (non-hydrogen) atoms. The van der Waals surface area contributed by atoms with E-state index in [-0.39, 0.29) is 12.4 Å². The highest BCUT2D eigenvalue weighted by atomic mass is 35.5. The van der Waals surface area contributed by atoms with Gasteiger partial charge in [-0.2, -0.15) is 4.80 Å². The molecule has 3 aromatic heterocycles. The molecule has 1 atom stereocenters. The second kappa shape index (κ2) is 9.75. The fraction of sp³-hybridized carbons (Fsp3) is 0.292. The number of halogens is 1. The van der Waals surface area contributed by atoms with Crippen molar-refractivity contribution in [2.24, 2.45) is 0 Å². The summed E-state index contributed by atoms with van der Waals surface area (Å²) >= 11 is 6.07. The summed E-state index contributed by atoms with van der Waals surface area (Å²) in [6.07, 6.45) is 1.45. The molecular formula is C24H25ClN6O4. The van der Waals surface area contributed by atoms with Gasteiger partial charge in [0.25, 0.3) is 11.8 Å². The van der Waals surface area contributed by atoms with E-state index < -0.39 is 23.4 Å². The van der Waals surface area contributed by atoms with Crippen molar-refractivity contribution in [3.8, 4) is 11.6 Å². The average Bonchev–Trinajstić information content (AvgIpc) is 3.53. The van der Waals surface area contributed by atoms with E-state index in [9.17, 15) is 9.59 Å². The molecule has 0 unspecified atom stereocenters. The number of anilines is 1. The number of carbonyl (C=O) groups is 2. The lowest BCUT2D eigenvalue weighted by molar-refractivity contribution is -0.128. The van der Waals surface area contributed by atoms with E-state index in [1.807, 2.05) is 20.8 Å². The molecule has 0 bridgehead atoms. The van der Waals surface area contributed by atoms with Crippen LogP contribution in [0, 0.1) is 6.92 Å². The minimum atomic E-state index is -1.09. The first-order valence-corrected chi connectivity index (χ1v) is 11.3. The minimum Gasteiger partial charge on any atom is -0.467 e. The van der Waals surface area contributed by atoms with Gasteiger partial charge in [-0.15, -0.1) is 10.2 Å². The maximum Gasteiger partial charge on any atom is 0.251 e. The Balaban J connectivity index is 1.70. The van der Waals surface area contributed by atoms with E-state index >= 15 is 0 Å². The minimum absolute atomic E-state index is 0.247. The smallest absolute Gasteiger partial charge is 0.251 e. The van der Waals surface area contributed by atoms with Gasteiger partial charge in [-0.1, -0.05) is 11.6 Å². The fourth-order valence-corrected chi connectivity index (χ4v) is 3.58. The Labute approximate surface area is 206 Å². The van der Waals surface area contributed by atoms with Gasteiger partial charge in [-0.05, 0) is 81.4 Å². The van der Waals surface area contributed by atoms with Gasteiger partial charge in [0.1, 0.15) is 18.1 Å². The van der Waals surface area contributed by atoms with Crippen molar-refractivity contribution in [3.63, 3.8) is 0 Å². The van der Waals surface area contributed by atoms with Crippen LogP contribution in [0.1, 0.15) is 38.3 Å². The summed E-state index contributed by atoms with van der Waals surface area (Å²) in [4.78, 5) is 29.6. The number of aryl methyl sites for hydroxylation is 1. The van der Waals surface area contributed by atoms with Crippen molar-refractivity contribution in [1.82, 2.24) is 25.5 Å². The zero-order valence-corrected chi connectivity index (χ0v) is 20.5. The van der Waals surface area contributed by atoms with E-state index in [1.165, 1.54) is 11.2 Å². The molecule has 1 aromatic carbocycles. The van der Waals surface area contributed by atoms with Gasteiger partial charge in [0.2, 0.25) is 5.82 Å². The van der Waals surface area contributed by atoms with Crippen LogP contribution in [0.2, 0.25) is 5.02 Å². The number of hydrogen-bond donors (Lipinski definition) is 1. The molecule has 0 fully saturated rings. The van der Waals surface area contributed by atoms with Crippen LogP contribution in [0.25, 0.3) is 11.6 Å². The normalized spacial score (nSPS) is 12.4. The highest BCUT2D eigenvalue weighted by Gasteiger charge is 2.36. The molecule has 4 rings (SSSR count). The second-order valence-electron chi connectivity index (χ2n) is 8.95. The van der Waals surface area contributed by atoms with Gasteiger partial charge < -0.3 is 14.2 Å². The Morgan fingerprint density at radius 1 is 1.14 bits per heavy atom. The summed E-state index contributed by atoms with van der Waals surface area (Å²) in [7, 11) is 0. The molecule has 0 aliphatic heterocycles. The standard InChI is InChI=1S/C24H25ClN6O4/c1-15-7-12-19(35-15)22-27-29-30(28-22)14-20(32)31(17-10-8-16(25)9-11-17)21(18-6-5-13-34-18)23(33)26-24(2,3)4/h5-13,21H,14H2,1-4H3,(H,26,33)/t21-/m0/s1. The molecule has 0 aliphatic carbocycles. The molecule has 0 aliphatic rings. The monoisotopic (exact) mass is 496 g/mol. The number of amides is 2. The Morgan fingerprint density at radius 3 is 2.49 bits per heavy atom. The van der Waals surface area contributed by atoms with Crippen molar-refractivity contribution < 1.29 is 18.4 Å². The molecule has 182 valence electrons. The highest BCUT2D eigenvalue weighted by molar-refractivity contribution is 6.30. The Morgan fingerprint density at radius 2 is 1.89 bits per heavy atom. The molecule has 0 radical (unpaired) electrons.